The number of aliphatic hydroxyl groups excluding tert-OH is 1. The Morgan fingerprint density at radius 2 is 1.91 bits per heavy atom. The minimum Gasteiger partial charge on any atom is -0.388 e. The molecule has 1 atom stereocenters. The molecule has 0 saturated heterocycles. The third kappa shape index (κ3) is 3.55. The van der Waals surface area contributed by atoms with Gasteiger partial charge in [-0.05, 0) is 34.9 Å². The summed E-state index contributed by atoms with van der Waals surface area (Å²) in [5.41, 5.74) is 1.41. The van der Waals surface area contributed by atoms with E-state index in [0.29, 0.717) is 18.5 Å². The number of rotatable bonds is 5. The molecule has 0 radical (unpaired) electrons. The van der Waals surface area contributed by atoms with Crippen LogP contribution in [-0.4, -0.2) is 22.5 Å². The Morgan fingerprint density at radius 1 is 1.09 bits per heavy atom. The van der Waals surface area contributed by atoms with Crippen LogP contribution in [0.2, 0.25) is 0 Å². The molecule has 1 amide bonds. The second-order valence-electron chi connectivity index (χ2n) is 5.37. The summed E-state index contributed by atoms with van der Waals surface area (Å²) in [4.78, 5) is 15.9. The van der Waals surface area contributed by atoms with E-state index in [2.05, 4.69) is 10.3 Å². The summed E-state index contributed by atoms with van der Waals surface area (Å²) in [6.45, 7) is 0.401. The van der Waals surface area contributed by atoms with Gasteiger partial charge < -0.3 is 10.4 Å². The number of hydrogen-bond donors (Lipinski definition) is 2. The molecule has 0 aliphatic carbocycles. The first-order valence-electron chi connectivity index (χ1n) is 7.59. The zero-order valence-corrected chi connectivity index (χ0v) is 12.6. The number of carbonyl (C=O) groups excluding carboxylic acids is 1. The van der Waals surface area contributed by atoms with Gasteiger partial charge in [0, 0.05) is 18.9 Å². The van der Waals surface area contributed by atoms with Crippen LogP contribution in [0.5, 0.6) is 0 Å². The van der Waals surface area contributed by atoms with Crippen molar-refractivity contribution in [1.29, 1.82) is 0 Å². The number of carbonyl (C=O) groups is 1. The standard InChI is InChI=1S/C19H18N2O2/c22-18(10-12-21-19(23)15-7-4-11-20-13-15)17-9-3-6-14-5-1-2-8-16(14)17/h1-9,11,13,18,22H,10,12H2,(H,21,23). The minimum atomic E-state index is -0.615. The number of amides is 1. The molecule has 0 fully saturated rings. The van der Waals surface area contributed by atoms with Crippen LogP contribution >= 0.6 is 0 Å². The van der Waals surface area contributed by atoms with Gasteiger partial charge in [0.15, 0.2) is 0 Å². The molecule has 1 heterocycles. The van der Waals surface area contributed by atoms with Gasteiger partial charge in [0.25, 0.3) is 5.91 Å². The SMILES string of the molecule is O=C(NCCC(O)c1cccc2ccccc12)c1cccnc1. The molecule has 1 aromatic heterocycles. The summed E-state index contributed by atoms with van der Waals surface area (Å²) in [5, 5.41) is 15.4. The third-order valence-corrected chi connectivity index (χ3v) is 3.81. The van der Waals surface area contributed by atoms with Crippen molar-refractivity contribution >= 4 is 16.7 Å². The van der Waals surface area contributed by atoms with Crippen LogP contribution in [0.25, 0.3) is 10.8 Å². The normalized spacial score (nSPS) is 12.0. The van der Waals surface area contributed by atoms with E-state index in [9.17, 15) is 9.90 Å². The van der Waals surface area contributed by atoms with Gasteiger partial charge in [-0.3, -0.25) is 9.78 Å². The van der Waals surface area contributed by atoms with Crippen LogP contribution in [-0.2, 0) is 0 Å². The van der Waals surface area contributed by atoms with Crippen LogP contribution in [0.1, 0.15) is 28.4 Å². The molecule has 3 aromatic rings. The number of benzene rings is 2. The van der Waals surface area contributed by atoms with E-state index < -0.39 is 6.10 Å². The maximum absolute atomic E-state index is 11.9. The Labute approximate surface area is 134 Å². The summed E-state index contributed by atoms with van der Waals surface area (Å²) >= 11 is 0. The number of pyridine rings is 1. The van der Waals surface area contributed by atoms with E-state index in [4.69, 9.17) is 0 Å². The Bertz CT molecular complexity index is 797. The molecule has 0 bridgehead atoms. The highest BCUT2D eigenvalue weighted by Crippen LogP contribution is 2.25. The van der Waals surface area contributed by atoms with Crippen LogP contribution < -0.4 is 5.32 Å². The van der Waals surface area contributed by atoms with Crippen molar-refractivity contribution in [3.63, 3.8) is 0 Å². The minimum absolute atomic E-state index is 0.178. The maximum Gasteiger partial charge on any atom is 0.252 e. The van der Waals surface area contributed by atoms with E-state index in [1.165, 1.54) is 6.20 Å². The van der Waals surface area contributed by atoms with Crippen molar-refractivity contribution in [3.8, 4) is 0 Å². The van der Waals surface area contributed by atoms with Crippen molar-refractivity contribution in [2.24, 2.45) is 0 Å². The van der Waals surface area contributed by atoms with Gasteiger partial charge in [-0.1, -0.05) is 42.5 Å². The number of aromatic nitrogens is 1. The molecule has 4 nitrogen and oxygen atoms in total. The molecule has 3 rings (SSSR count). The van der Waals surface area contributed by atoms with Gasteiger partial charge in [0.2, 0.25) is 0 Å². The molecule has 4 heteroatoms. The van der Waals surface area contributed by atoms with Crippen molar-refractivity contribution in [3.05, 3.63) is 78.1 Å². The lowest BCUT2D eigenvalue weighted by Gasteiger charge is -2.14. The van der Waals surface area contributed by atoms with Crippen LogP contribution in [0.15, 0.2) is 67.0 Å². The fourth-order valence-electron chi connectivity index (χ4n) is 2.62. The molecule has 2 N–H and O–H groups in total. The predicted octanol–water partition coefficient (Wildman–Crippen LogP) is 3.09. The molecular formula is C19H18N2O2. The summed E-state index contributed by atoms with van der Waals surface area (Å²) in [6, 6.07) is 17.3. The lowest BCUT2D eigenvalue weighted by atomic mass is 9.99. The molecule has 0 aliphatic heterocycles. The molecule has 0 spiro atoms. The monoisotopic (exact) mass is 306 g/mol. The van der Waals surface area contributed by atoms with Gasteiger partial charge in [0.05, 0.1) is 11.7 Å². The average Bonchev–Trinajstić information content (AvgIpc) is 2.61. The number of nitrogens with one attached hydrogen (secondary N) is 1. The highest BCUT2D eigenvalue weighted by molar-refractivity contribution is 5.93. The zero-order valence-electron chi connectivity index (χ0n) is 12.6. The summed E-state index contributed by atoms with van der Waals surface area (Å²) < 4.78 is 0. The Kier molecular flexibility index (Phi) is 4.64. The van der Waals surface area contributed by atoms with E-state index in [1.807, 2.05) is 42.5 Å². The van der Waals surface area contributed by atoms with Crippen molar-refractivity contribution in [2.45, 2.75) is 12.5 Å². The smallest absolute Gasteiger partial charge is 0.252 e. The second kappa shape index (κ2) is 7.03. The molecule has 116 valence electrons. The number of nitrogens with zero attached hydrogens (tertiary/aromatic N) is 1. The van der Waals surface area contributed by atoms with Crippen molar-refractivity contribution in [1.82, 2.24) is 10.3 Å². The highest BCUT2D eigenvalue weighted by atomic mass is 16.3. The highest BCUT2D eigenvalue weighted by Gasteiger charge is 2.12. The van der Waals surface area contributed by atoms with Crippen LogP contribution in [0.3, 0.4) is 0 Å². The molecule has 23 heavy (non-hydrogen) atoms. The van der Waals surface area contributed by atoms with Gasteiger partial charge >= 0.3 is 0 Å². The fourth-order valence-corrected chi connectivity index (χ4v) is 2.62. The average molecular weight is 306 g/mol. The van der Waals surface area contributed by atoms with Crippen LogP contribution in [0.4, 0.5) is 0 Å². The first-order chi connectivity index (χ1) is 11.3. The summed E-state index contributed by atoms with van der Waals surface area (Å²) in [7, 11) is 0. The lowest BCUT2D eigenvalue weighted by Crippen LogP contribution is -2.25. The topological polar surface area (TPSA) is 62.2 Å². The molecule has 2 aromatic carbocycles. The van der Waals surface area contributed by atoms with Gasteiger partial charge in [0.1, 0.15) is 0 Å². The van der Waals surface area contributed by atoms with E-state index in [1.54, 1.807) is 18.3 Å². The molecule has 0 saturated carbocycles. The fraction of sp³-hybridized carbons (Fsp3) is 0.158. The number of aliphatic hydroxyl groups is 1. The van der Waals surface area contributed by atoms with E-state index >= 15 is 0 Å². The van der Waals surface area contributed by atoms with Gasteiger partial charge in [-0.15, -0.1) is 0 Å². The summed E-state index contributed by atoms with van der Waals surface area (Å²) in [5.74, 6) is -0.178. The van der Waals surface area contributed by atoms with E-state index in [0.717, 1.165) is 16.3 Å². The van der Waals surface area contributed by atoms with Crippen molar-refractivity contribution < 1.29 is 9.90 Å². The quantitative estimate of drug-likeness (QED) is 0.761. The zero-order chi connectivity index (χ0) is 16.1. The van der Waals surface area contributed by atoms with E-state index in [-0.39, 0.29) is 5.91 Å². The number of hydrogen-bond acceptors (Lipinski definition) is 3. The number of fused-ring (bicyclic) bond motifs is 1. The first-order valence-corrected chi connectivity index (χ1v) is 7.59. The summed E-state index contributed by atoms with van der Waals surface area (Å²) in [6.07, 6.45) is 2.99. The largest absolute Gasteiger partial charge is 0.388 e. The second-order valence-corrected chi connectivity index (χ2v) is 5.37. The molecule has 1 unspecified atom stereocenters. The Hall–Kier alpha value is -2.72. The van der Waals surface area contributed by atoms with Gasteiger partial charge in [-0.2, -0.15) is 0 Å². The Balaban J connectivity index is 1.63. The third-order valence-electron chi connectivity index (χ3n) is 3.81. The molecular weight excluding hydrogens is 288 g/mol. The predicted molar refractivity (Wildman–Crippen MR) is 90.1 cm³/mol. The maximum atomic E-state index is 11.9. The Morgan fingerprint density at radius 3 is 2.74 bits per heavy atom. The van der Waals surface area contributed by atoms with Crippen LogP contribution in [0, 0.1) is 0 Å². The first kappa shape index (κ1) is 15.2. The molecule has 0 aliphatic rings. The lowest BCUT2D eigenvalue weighted by molar-refractivity contribution is 0.0942. The van der Waals surface area contributed by atoms with Crippen molar-refractivity contribution in [2.75, 3.05) is 6.54 Å². The van der Waals surface area contributed by atoms with Gasteiger partial charge in [-0.25, -0.2) is 0 Å².